The van der Waals surface area contributed by atoms with Gasteiger partial charge < -0.3 is 10.1 Å². The summed E-state index contributed by atoms with van der Waals surface area (Å²) in [5.74, 6) is 0.359. The van der Waals surface area contributed by atoms with Gasteiger partial charge in [-0.1, -0.05) is 24.3 Å². The molecule has 0 unspecified atom stereocenters. The van der Waals surface area contributed by atoms with Crippen molar-refractivity contribution in [3.63, 3.8) is 0 Å². The van der Waals surface area contributed by atoms with Crippen LogP contribution in [0.2, 0.25) is 0 Å². The van der Waals surface area contributed by atoms with Gasteiger partial charge in [0.25, 0.3) is 0 Å². The molecule has 0 aromatic heterocycles. The second kappa shape index (κ2) is 8.90. The van der Waals surface area contributed by atoms with Crippen LogP contribution < -0.4 is 14.4 Å². The van der Waals surface area contributed by atoms with Crippen molar-refractivity contribution >= 4 is 21.6 Å². The lowest BCUT2D eigenvalue weighted by molar-refractivity contribution is -0.119. The maximum Gasteiger partial charge on any atom is 0.240 e. The van der Waals surface area contributed by atoms with Crippen molar-refractivity contribution in [3.05, 3.63) is 59.2 Å². The highest BCUT2D eigenvalue weighted by molar-refractivity contribution is 7.92. The molecule has 0 bridgehead atoms. The number of nitrogens with zero attached hydrogens (tertiary/aromatic N) is 1. The van der Waals surface area contributed by atoms with Gasteiger partial charge >= 0.3 is 0 Å². The summed E-state index contributed by atoms with van der Waals surface area (Å²) in [5.41, 5.74) is 3.61. The van der Waals surface area contributed by atoms with Gasteiger partial charge in [-0.3, -0.25) is 9.10 Å². The fourth-order valence-corrected chi connectivity index (χ4v) is 3.49. The average molecular weight is 391 g/mol. The zero-order valence-electron chi connectivity index (χ0n) is 16.2. The first kappa shape index (κ1) is 20.8. The molecular formula is C20H26N2O4S. The molecule has 7 heteroatoms. The molecule has 0 saturated heterocycles. The number of hydrogen-bond donors (Lipinski definition) is 1. The van der Waals surface area contributed by atoms with Crippen molar-refractivity contribution in [1.29, 1.82) is 0 Å². The van der Waals surface area contributed by atoms with Crippen LogP contribution in [0.5, 0.6) is 5.75 Å². The third-order valence-electron chi connectivity index (χ3n) is 4.24. The summed E-state index contributed by atoms with van der Waals surface area (Å²) in [6.45, 7) is 6.17. The van der Waals surface area contributed by atoms with Crippen LogP contribution in [0.1, 0.15) is 16.7 Å². The van der Waals surface area contributed by atoms with E-state index < -0.39 is 10.0 Å². The molecular weight excluding hydrogens is 364 g/mol. The van der Waals surface area contributed by atoms with Gasteiger partial charge in [0.15, 0.2) is 0 Å². The van der Waals surface area contributed by atoms with Crippen LogP contribution >= 0.6 is 0 Å². The van der Waals surface area contributed by atoms with Crippen LogP contribution in [0, 0.1) is 20.8 Å². The Balaban J connectivity index is 1.91. The minimum atomic E-state index is -3.58. The normalized spacial score (nSPS) is 11.1. The number of aryl methyl sites for hydroxylation is 3. The average Bonchev–Trinajstić information content (AvgIpc) is 2.59. The Morgan fingerprint density at radius 2 is 1.74 bits per heavy atom. The molecule has 1 amide bonds. The van der Waals surface area contributed by atoms with Gasteiger partial charge in [0.1, 0.15) is 18.9 Å². The zero-order chi connectivity index (χ0) is 20.0. The van der Waals surface area contributed by atoms with Crippen LogP contribution in [0.15, 0.2) is 42.5 Å². The monoisotopic (exact) mass is 390 g/mol. The summed E-state index contributed by atoms with van der Waals surface area (Å²) in [4.78, 5) is 12.2. The Morgan fingerprint density at radius 1 is 1.04 bits per heavy atom. The number of carbonyl (C=O) groups excluding carboxylic acids is 1. The lowest BCUT2D eigenvalue weighted by Gasteiger charge is -2.23. The Labute approximate surface area is 161 Å². The predicted octanol–water partition coefficient (Wildman–Crippen LogP) is 2.57. The van der Waals surface area contributed by atoms with Crippen LogP contribution in [-0.4, -0.2) is 40.3 Å². The van der Waals surface area contributed by atoms with Crippen molar-refractivity contribution in [2.45, 2.75) is 20.8 Å². The topological polar surface area (TPSA) is 75.7 Å². The minimum Gasteiger partial charge on any atom is -0.492 e. The summed E-state index contributed by atoms with van der Waals surface area (Å²) >= 11 is 0. The van der Waals surface area contributed by atoms with E-state index in [0.29, 0.717) is 12.3 Å². The fraction of sp³-hybridized carbons (Fsp3) is 0.350. The van der Waals surface area contributed by atoms with E-state index in [9.17, 15) is 13.2 Å². The first-order valence-corrected chi connectivity index (χ1v) is 10.5. The van der Waals surface area contributed by atoms with E-state index in [-0.39, 0.29) is 19.0 Å². The lowest BCUT2D eigenvalue weighted by Crippen LogP contribution is -2.41. The molecule has 0 radical (unpaired) electrons. The summed E-state index contributed by atoms with van der Waals surface area (Å²) in [6.07, 6.45) is 1.09. The SMILES string of the molecule is Cc1ccc(OCCNC(=O)CN(c2ccccc2C)S(C)(=O)=O)cc1C. The molecule has 0 atom stereocenters. The largest absolute Gasteiger partial charge is 0.492 e. The maximum absolute atomic E-state index is 12.2. The Hall–Kier alpha value is -2.54. The summed E-state index contributed by atoms with van der Waals surface area (Å²) in [6, 6.07) is 12.9. The van der Waals surface area contributed by atoms with Crippen LogP contribution in [0.25, 0.3) is 0 Å². The number of carbonyl (C=O) groups is 1. The number of sulfonamides is 1. The molecule has 2 rings (SSSR count). The molecule has 2 aromatic rings. The molecule has 0 fully saturated rings. The molecule has 0 aliphatic rings. The Bertz CT molecular complexity index is 910. The number of para-hydroxylation sites is 1. The smallest absolute Gasteiger partial charge is 0.240 e. The summed E-state index contributed by atoms with van der Waals surface area (Å²) in [5, 5.41) is 2.70. The molecule has 0 aliphatic heterocycles. The highest BCUT2D eigenvalue weighted by Crippen LogP contribution is 2.21. The number of anilines is 1. The van der Waals surface area contributed by atoms with Gasteiger partial charge in [-0.2, -0.15) is 0 Å². The van der Waals surface area contributed by atoms with Crippen LogP contribution in [0.4, 0.5) is 5.69 Å². The Morgan fingerprint density at radius 3 is 2.37 bits per heavy atom. The second-order valence-electron chi connectivity index (χ2n) is 6.50. The third kappa shape index (κ3) is 5.99. The third-order valence-corrected chi connectivity index (χ3v) is 5.37. The number of ether oxygens (including phenoxy) is 1. The van der Waals surface area contributed by atoms with Gasteiger partial charge in [-0.05, 0) is 55.7 Å². The van der Waals surface area contributed by atoms with Crippen molar-refractivity contribution < 1.29 is 17.9 Å². The minimum absolute atomic E-state index is 0.271. The highest BCUT2D eigenvalue weighted by Gasteiger charge is 2.21. The quantitative estimate of drug-likeness (QED) is 0.703. The van der Waals surface area contributed by atoms with E-state index in [4.69, 9.17) is 4.74 Å². The van der Waals surface area contributed by atoms with Gasteiger partial charge in [-0.25, -0.2) is 8.42 Å². The molecule has 0 heterocycles. The van der Waals surface area contributed by atoms with E-state index in [1.807, 2.05) is 51.1 Å². The van der Waals surface area contributed by atoms with E-state index >= 15 is 0 Å². The van der Waals surface area contributed by atoms with Crippen molar-refractivity contribution in [1.82, 2.24) is 5.32 Å². The molecule has 0 saturated carbocycles. The highest BCUT2D eigenvalue weighted by atomic mass is 32.2. The van der Waals surface area contributed by atoms with Crippen molar-refractivity contribution in [2.75, 3.05) is 30.3 Å². The van der Waals surface area contributed by atoms with Crippen LogP contribution in [0.3, 0.4) is 0 Å². The number of amides is 1. The van der Waals surface area contributed by atoms with Gasteiger partial charge in [0.2, 0.25) is 15.9 Å². The first-order chi connectivity index (χ1) is 12.7. The van der Waals surface area contributed by atoms with E-state index in [1.54, 1.807) is 12.1 Å². The number of benzene rings is 2. The maximum atomic E-state index is 12.2. The van der Waals surface area contributed by atoms with Crippen molar-refractivity contribution in [3.8, 4) is 5.75 Å². The van der Waals surface area contributed by atoms with E-state index in [1.165, 1.54) is 5.56 Å². The molecule has 27 heavy (non-hydrogen) atoms. The van der Waals surface area contributed by atoms with Gasteiger partial charge in [-0.15, -0.1) is 0 Å². The standard InChI is InChI=1S/C20H26N2O4S/c1-15-9-10-18(13-17(15)3)26-12-11-21-20(23)14-22(27(4,24)25)19-8-6-5-7-16(19)2/h5-10,13H,11-12,14H2,1-4H3,(H,21,23). The van der Waals surface area contributed by atoms with Crippen LogP contribution in [-0.2, 0) is 14.8 Å². The van der Waals surface area contributed by atoms with Gasteiger partial charge in [0.05, 0.1) is 18.5 Å². The summed E-state index contributed by atoms with van der Waals surface area (Å²) < 4.78 is 31.0. The molecule has 6 nitrogen and oxygen atoms in total. The number of rotatable bonds is 8. The fourth-order valence-electron chi connectivity index (χ4n) is 2.57. The molecule has 2 aromatic carbocycles. The summed E-state index contributed by atoms with van der Waals surface area (Å²) in [7, 11) is -3.58. The van der Waals surface area contributed by atoms with Gasteiger partial charge in [0, 0.05) is 0 Å². The number of hydrogen-bond acceptors (Lipinski definition) is 4. The van der Waals surface area contributed by atoms with Crippen molar-refractivity contribution in [2.24, 2.45) is 0 Å². The van der Waals surface area contributed by atoms with E-state index in [0.717, 1.165) is 27.4 Å². The predicted molar refractivity (Wildman–Crippen MR) is 108 cm³/mol. The van der Waals surface area contributed by atoms with E-state index in [2.05, 4.69) is 5.32 Å². The first-order valence-electron chi connectivity index (χ1n) is 8.68. The second-order valence-corrected chi connectivity index (χ2v) is 8.41. The molecule has 146 valence electrons. The zero-order valence-corrected chi connectivity index (χ0v) is 17.0. The number of nitrogens with one attached hydrogen (secondary N) is 1. The molecule has 1 N–H and O–H groups in total. The lowest BCUT2D eigenvalue weighted by atomic mass is 10.1. The molecule has 0 spiro atoms. The molecule has 0 aliphatic carbocycles. The Kier molecular flexibility index (Phi) is 6.85.